The molecule has 112 valence electrons. The van der Waals surface area contributed by atoms with Gasteiger partial charge in [-0.25, -0.2) is 9.78 Å². The Labute approximate surface area is 122 Å². The lowest BCUT2D eigenvalue weighted by Crippen LogP contribution is -2.26. The number of rotatable bonds is 8. The van der Waals surface area contributed by atoms with Crippen molar-refractivity contribution in [2.45, 2.75) is 20.8 Å². The van der Waals surface area contributed by atoms with Crippen LogP contribution in [-0.4, -0.2) is 50.1 Å². The second kappa shape index (κ2) is 7.96. The van der Waals surface area contributed by atoms with E-state index in [1.807, 2.05) is 11.8 Å². The third kappa shape index (κ3) is 4.01. The van der Waals surface area contributed by atoms with Gasteiger partial charge in [-0.1, -0.05) is 11.3 Å². The molecule has 1 rings (SSSR count). The lowest BCUT2D eigenvalue weighted by molar-refractivity contribution is 0.0517. The minimum atomic E-state index is -0.553. The monoisotopic (exact) mass is 300 g/mol. The molecule has 0 N–H and O–H groups in total. The molecule has 0 aromatic carbocycles. The molecule has 6 nitrogen and oxygen atoms in total. The number of ketones is 1. The average molecular weight is 300 g/mol. The van der Waals surface area contributed by atoms with Crippen LogP contribution in [0.1, 0.15) is 40.9 Å². The number of nitrogens with zero attached hydrogens (tertiary/aromatic N) is 2. The van der Waals surface area contributed by atoms with E-state index in [9.17, 15) is 9.59 Å². The van der Waals surface area contributed by atoms with Crippen molar-refractivity contribution in [2.75, 3.05) is 38.3 Å². The zero-order valence-corrected chi connectivity index (χ0v) is 13.1. The van der Waals surface area contributed by atoms with Crippen molar-refractivity contribution in [3.05, 3.63) is 10.6 Å². The molecule has 0 unspecified atom stereocenters. The van der Waals surface area contributed by atoms with Gasteiger partial charge in [0.2, 0.25) is 0 Å². The van der Waals surface area contributed by atoms with E-state index in [1.54, 1.807) is 14.0 Å². The fourth-order valence-corrected chi connectivity index (χ4v) is 2.65. The first-order valence-electron chi connectivity index (χ1n) is 6.47. The summed E-state index contributed by atoms with van der Waals surface area (Å²) in [6.45, 7) is 7.30. The number of hydrogen-bond donors (Lipinski definition) is 0. The van der Waals surface area contributed by atoms with Crippen LogP contribution in [0.3, 0.4) is 0 Å². The predicted octanol–water partition coefficient (Wildman–Crippen LogP) is 2.00. The SMILES string of the molecule is CCOC(=O)c1nc(N(CC)CCOC)sc1C(C)=O. The van der Waals surface area contributed by atoms with Crippen LogP contribution >= 0.6 is 11.3 Å². The molecule has 1 aromatic heterocycles. The van der Waals surface area contributed by atoms with E-state index in [-0.39, 0.29) is 18.1 Å². The van der Waals surface area contributed by atoms with Gasteiger partial charge < -0.3 is 14.4 Å². The number of hydrogen-bond acceptors (Lipinski definition) is 7. The summed E-state index contributed by atoms with van der Waals surface area (Å²) in [5.74, 6) is -0.734. The maximum Gasteiger partial charge on any atom is 0.358 e. The fraction of sp³-hybridized carbons (Fsp3) is 0.615. The highest BCUT2D eigenvalue weighted by atomic mass is 32.1. The van der Waals surface area contributed by atoms with Crippen molar-refractivity contribution in [1.82, 2.24) is 4.98 Å². The summed E-state index contributed by atoms with van der Waals surface area (Å²) in [5, 5.41) is 0.637. The highest BCUT2D eigenvalue weighted by Gasteiger charge is 2.24. The van der Waals surface area contributed by atoms with Crippen LogP contribution in [0.25, 0.3) is 0 Å². The number of thiazole rings is 1. The van der Waals surface area contributed by atoms with Crippen molar-refractivity contribution in [3.8, 4) is 0 Å². The summed E-state index contributed by atoms with van der Waals surface area (Å²) in [6.07, 6.45) is 0. The van der Waals surface area contributed by atoms with E-state index in [1.165, 1.54) is 18.3 Å². The zero-order chi connectivity index (χ0) is 15.1. The molecule has 0 radical (unpaired) electrons. The molecule has 0 aliphatic heterocycles. The van der Waals surface area contributed by atoms with E-state index in [4.69, 9.17) is 9.47 Å². The topological polar surface area (TPSA) is 68.7 Å². The van der Waals surface area contributed by atoms with Crippen molar-refractivity contribution in [2.24, 2.45) is 0 Å². The Hall–Kier alpha value is -1.47. The first kappa shape index (κ1) is 16.6. The van der Waals surface area contributed by atoms with Crippen molar-refractivity contribution in [1.29, 1.82) is 0 Å². The minimum Gasteiger partial charge on any atom is -0.461 e. The molecule has 7 heteroatoms. The standard InChI is InChI=1S/C13H20N2O4S/c1-5-15(7-8-18-4)13-14-10(12(17)19-6-2)11(20-13)9(3)16/h5-8H2,1-4H3. The number of carbonyl (C=O) groups is 2. The summed E-state index contributed by atoms with van der Waals surface area (Å²) < 4.78 is 9.98. The van der Waals surface area contributed by atoms with Gasteiger partial charge in [-0.2, -0.15) is 0 Å². The molecule has 0 aliphatic carbocycles. The Morgan fingerprint density at radius 1 is 1.35 bits per heavy atom. The first-order chi connectivity index (χ1) is 9.54. The van der Waals surface area contributed by atoms with Crippen LogP contribution in [-0.2, 0) is 9.47 Å². The van der Waals surface area contributed by atoms with E-state index in [0.29, 0.717) is 23.2 Å². The van der Waals surface area contributed by atoms with E-state index >= 15 is 0 Å². The van der Waals surface area contributed by atoms with Crippen LogP contribution in [0, 0.1) is 0 Å². The van der Waals surface area contributed by atoms with Gasteiger partial charge in [-0.05, 0) is 13.8 Å². The number of carbonyl (C=O) groups excluding carboxylic acids is 2. The number of esters is 1. The molecule has 0 atom stereocenters. The van der Waals surface area contributed by atoms with Gasteiger partial charge in [-0.15, -0.1) is 0 Å². The lowest BCUT2D eigenvalue weighted by atomic mass is 10.3. The second-order valence-corrected chi connectivity index (χ2v) is 5.00. The van der Waals surface area contributed by atoms with Crippen molar-refractivity contribution >= 4 is 28.2 Å². The van der Waals surface area contributed by atoms with Gasteiger partial charge >= 0.3 is 5.97 Å². The largest absolute Gasteiger partial charge is 0.461 e. The Morgan fingerprint density at radius 3 is 2.55 bits per heavy atom. The van der Waals surface area contributed by atoms with Crippen LogP contribution < -0.4 is 4.90 Å². The first-order valence-corrected chi connectivity index (χ1v) is 7.29. The molecule has 1 aromatic rings. The molecule has 0 amide bonds. The van der Waals surface area contributed by atoms with Crippen molar-refractivity contribution in [3.63, 3.8) is 0 Å². The molecule has 0 fully saturated rings. The smallest absolute Gasteiger partial charge is 0.358 e. The number of anilines is 1. The summed E-state index contributed by atoms with van der Waals surface area (Å²) in [5.41, 5.74) is 0.107. The molecule has 0 saturated heterocycles. The lowest BCUT2D eigenvalue weighted by Gasteiger charge is -2.18. The summed E-state index contributed by atoms with van der Waals surface area (Å²) in [7, 11) is 1.63. The maximum absolute atomic E-state index is 11.8. The zero-order valence-electron chi connectivity index (χ0n) is 12.3. The molecule has 20 heavy (non-hydrogen) atoms. The fourth-order valence-electron chi connectivity index (χ4n) is 1.61. The van der Waals surface area contributed by atoms with Crippen molar-refractivity contribution < 1.29 is 19.1 Å². The summed E-state index contributed by atoms with van der Waals surface area (Å²) in [4.78, 5) is 30.0. The molecule has 1 heterocycles. The van der Waals surface area contributed by atoms with Crippen LogP contribution in [0.5, 0.6) is 0 Å². The predicted molar refractivity (Wildman–Crippen MR) is 77.8 cm³/mol. The van der Waals surface area contributed by atoms with Crippen LogP contribution in [0.2, 0.25) is 0 Å². The Kier molecular flexibility index (Phi) is 6.60. The van der Waals surface area contributed by atoms with Gasteiger partial charge in [-0.3, -0.25) is 4.79 Å². The van der Waals surface area contributed by atoms with Gasteiger partial charge in [0.05, 0.1) is 13.2 Å². The third-order valence-corrected chi connectivity index (χ3v) is 3.84. The van der Waals surface area contributed by atoms with E-state index in [2.05, 4.69) is 4.98 Å². The van der Waals surface area contributed by atoms with Gasteiger partial charge in [0.15, 0.2) is 16.6 Å². The Morgan fingerprint density at radius 2 is 2.05 bits per heavy atom. The number of methoxy groups -OCH3 is 1. The quantitative estimate of drug-likeness (QED) is 0.540. The van der Waals surface area contributed by atoms with E-state index in [0.717, 1.165) is 6.54 Å². The Balaban J connectivity index is 3.07. The van der Waals surface area contributed by atoms with Gasteiger partial charge in [0, 0.05) is 27.1 Å². The number of aromatic nitrogens is 1. The second-order valence-electron chi connectivity index (χ2n) is 4.02. The van der Waals surface area contributed by atoms with Crippen LogP contribution in [0.4, 0.5) is 5.13 Å². The molecule has 0 spiro atoms. The summed E-state index contributed by atoms with van der Waals surface area (Å²) in [6, 6.07) is 0. The Bertz CT molecular complexity index is 473. The van der Waals surface area contributed by atoms with E-state index < -0.39 is 5.97 Å². The number of Topliss-reactive ketones (excluding diaryl/α,β-unsaturated/α-hetero) is 1. The average Bonchev–Trinajstić information content (AvgIpc) is 2.85. The summed E-state index contributed by atoms with van der Waals surface area (Å²) >= 11 is 1.21. The van der Waals surface area contributed by atoms with Gasteiger partial charge in [0.25, 0.3) is 0 Å². The highest BCUT2D eigenvalue weighted by Crippen LogP contribution is 2.27. The molecule has 0 saturated carbocycles. The highest BCUT2D eigenvalue weighted by molar-refractivity contribution is 7.17. The maximum atomic E-state index is 11.8. The molecular weight excluding hydrogens is 280 g/mol. The van der Waals surface area contributed by atoms with Gasteiger partial charge in [0.1, 0.15) is 4.88 Å². The minimum absolute atomic E-state index is 0.107. The van der Waals surface area contributed by atoms with Crippen LogP contribution in [0.15, 0.2) is 0 Å². The third-order valence-electron chi connectivity index (χ3n) is 2.62. The molecule has 0 bridgehead atoms. The number of ether oxygens (including phenoxy) is 2. The number of likely N-dealkylation sites (N-methyl/N-ethyl adjacent to an activating group) is 1. The normalized spacial score (nSPS) is 10.4. The molecular formula is C13H20N2O4S. The molecule has 0 aliphatic rings.